The smallest absolute Gasteiger partial charge is 0.343 e. The number of hydrogen-bond acceptors (Lipinski definition) is 6. The lowest BCUT2D eigenvalue weighted by molar-refractivity contribution is -0.132. The van der Waals surface area contributed by atoms with Gasteiger partial charge in [-0.1, -0.05) is 17.7 Å². The number of Topliss-reactive ketones (excluding diaryl/α,β-unsaturated/α-hetero) is 1. The number of ether oxygens (including phenoxy) is 2. The van der Waals surface area contributed by atoms with Gasteiger partial charge in [-0.15, -0.1) is 0 Å². The molecule has 0 aliphatic rings. The summed E-state index contributed by atoms with van der Waals surface area (Å²) in [6.45, 7) is 9.15. The molecule has 6 nitrogen and oxygen atoms in total. The molecule has 0 atom stereocenters. The molecule has 0 aliphatic carbocycles. The van der Waals surface area contributed by atoms with Gasteiger partial charge in [-0.2, -0.15) is 0 Å². The molecule has 2 aromatic rings. The average Bonchev–Trinajstić information content (AvgIpc) is 2.60. The van der Waals surface area contributed by atoms with Crippen LogP contribution in [0.2, 0.25) is 0 Å². The molecule has 0 radical (unpaired) electrons. The molecule has 0 heterocycles. The minimum absolute atomic E-state index is 0.0228. The lowest BCUT2D eigenvalue weighted by Crippen LogP contribution is -2.39. The number of aryl methyl sites for hydroxylation is 1. The molecule has 0 aliphatic heterocycles. The molecule has 1 N–H and O–H groups in total. The zero-order valence-electron chi connectivity index (χ0n) is 16.8. The van der Waals surface area contributed by atoms with Crippen molar-refractivity contribution in [3.05, 3.63) is 59.2 Å². The summed E-state index contributed by atoms with van der Waals surface area (Å²) >= 11 is 0. The van der Waals surface area contributed by atoms with Crippen LogP contribution in [0.15, 0.2) is 42.5 Å². The van der Waals surface area contributed by atoms with Crippen molar-refractivity contribution in [2.24, 2.45) is 0 Å². The highest BCUT2D eigenvalue weighted by Gasteiger charge is 2.18. The fraction of sp³-hybridized carbons (Fsp3) is 0.318. The molecule has 0 bridgehead atoms. The summed E-state index contributed by atoms with van der Waals surface area (Å²) in [5.74, 6) is -1.23. The Balaban J connectivity index is 2.23. The molecule has 0 saturated carbocycles. The maximum Gasteiger partial charge on any atom is 0.343 e. The van der Waals surface area contributed by atoms with Crippen molar-refractivity contribution in [3.63, 3.8) is 0 Å². The van der Waals surface area contributed by atoms with Crippen LogP contribution < -0.4 is 14.8 Å². The number of carbonyl (C=O) groups is 3. The standard InChI is InChI=1S/C22H25NO5/c1-14-6-8-16(9-7-14)21(26)28-19-11-10-17(12-20(19)27-15(2)24)18(25)13-23-22(3,4)5/h6-12,23H,13H2,1-5H3. The maximum absolute atomic E-state index is 12.4. The lowest BCUT2D eigenvalue weighted by atomic mass is 10.1. The highest BCUT2D eigenvalue weighted by atomic mass is 16.6. The van der Waals surface area contributed by atoms with E-state index in [4.69, 9.17) is 9.47 Å². The van der Waals surface area contributed by atoms with Crippen LogP contribution in [0.25, 0.3) is 0 Å². The third-order valence-electron chi connectivity index (χ3n) is 3.79. The fourth-order valence-corrected chi connectivity index (χ4v) is 2.30. The summed E-state index contributed by atoms with van der Waals surface area (Å²) in [5.41, 5.74) is 1.53. The number of carbonyl (C=O) groups excluding carboxylic acids is 3. The quantitative estimate of drug-likeness (QED) is 0.465. The van der Waals surface area contributed by atoms with Crippen molar-refractivity contribution < 1.29 is 23.9 Å². The van der Waals surface area contributed by atoms with Gasteiger partial charge in [0, 0.05) is 18.0 Å². The number of hydrogen-bond donors (Lipinski definition) is 1. The van der Waals surface area contributed by atoms with Gasteiger partial charge >= 0.3 is 11.9 Å². The van der Waals surface area contributed by atoms with E-state index in [2.05, 4.69) is 5.32 Å². The third-order valence-corrected chi connectivity index (χ3v) is 3.79. The van der Waals surface area contributed by atoms with Crippen LogP contribution in [0, 0.1) is 6.92 Å². The fourth-order valence-electron chi connectivity index (χ4n) is 2.30. The summed E-state index contributed by atoms with van der Waals surface area (Å²) in [7, 11) is 0. The molecule has 0 fully saturated rings. The van der Waals surface area contributed by atoms with E-state index in [9.17, 15) is 14.4 Å². The molecule has 2 rings (SSSR count). The molecule has 148 valence electrons. The van der Waals surface area contributed by atoms with Crippen molar-refractivity contribution >= 4 is 17.7 Å². The molecule has 0 unspecified atom stereocenters. The van der Waals surface area contributed by atoms with Crippen molar-refractivity contribution in [1.82, 2.24) is 5.32 Å². The van der Waals surface area contributed by atoms with Gasteiger partial charge in [-0.3, -0.25) is 9.59 Å². The van der Waals surface area contributed by atoms with E-state index in [-0.39, 0.29) is 29.4 Å². The van der Waals surface area contributed by atoms with Gasteiger partial charge in [-0.25, -0.2) is 4.79 Å². The number of benzene rings is 2. The molecular weight excluding hydrogens is 358 g/mol. The molecule has 0 aromatic heterocycles. The van der Waals surface area contributed by atoms with E-state index in [1.165, 1.54) is 25.1 Å². The van der Waals surface area contributed by atoms with E-state index in [0.717, 1.165) is 5.56 Å². The van der Waals surface area contributed by atoms with E-state index >= 15 is 0 Å². The Morgan fingerprint density at radius 2 is 1.50 bits per heavy atom. The normalized spacial score (nSPS) is 11.0. The van der Waals surface area contributed by atoms with Crippen LogP contribution in [0.1, 0.15) is 54.0 Å². The topological polar surface area (TPSA) is 81.7 Å². The minimum Gasteiger partial charge on any atom is -0.423 e. The predicted molar refractivity (Wildman–Crippen MR) is 106 cm³/mol. The Hall–Kier alpha value is -2.99. The molecule has 0 saturated heterocycles. The highest BCUT2D eigenvalue weighted by molar-refractivity contribution is 5.98. The van der Waals surface area contributed by atoms with Crippen molar-refractivity contribution in [3.8, 4) is 11.5 Å². The lowest BCUT2D eigenvalue weighted by Gasteiger charge is -2.20. The van der Waals surface area contributed by atoms with Gasteiger partial charge < -0.3 is 14.8 Å². The predicted octanol–water partition coefficient (Wildman–Crippen LogP) is 3.71. The van der Waals surface area contributed by atoms with Gasteiger partial charge in [0.2, 0.25) is 0 Å². The third kappa shape index (κ3) is 6.32. The Labute approximate surface area is 164 Å². The van der Waals surface area contributed by atoms with Crippen LogP contribution >= 0.6 is 0 Å². The largest absolute Gasteiger partial charge is 0.423 e. The van der Waals surface area contributed by atoms with Crippen LogP contribution in [0.4, 0.5) is 0 Å². The van der Waals surface area contributed by atoms with Gasteiger partial charge in [0.25, 0.3) is 0 Å². The highest BCUT2D eigenvalue weighted by Crippen LogP contribution is 2.29. The van der Waals surface area contributed by atoms with Crippen LogP contribution in [0.3, 0.4) is 0 Å². The second-order valence-corrected chi connectivity index (χ2v) is 7.54. The first kappa shape index (κ1) is 21.3. The van der Waals surface area contributed by atoms with Crippen molar-refractivity contribution in [2.45, 2.75) is 40.2 Å². The molecule has 0 spiro atoms. The second kappa shape index (κ2) is 8.80. The molecule has 28 heavy (non-hydrogen) atoms. The molecule has 2 aromatic carbocycles. The van der Waals surface area contributed by atoms with Crippen LogP contribution in [-0.2, 0) is 4.79 Å². The van der Waals surface area contributed by atoms with Gasteiger partial charge in [-0.05, 0) is 58.0 Å². The SMILES string of the molecule is CC(=O)Oc1cc(C(=O)CNC(C)(C)C)ccc1OC(=O)c1ccc(C)cc1. The first-order valence-corrected chi connectivity index (χ1v) is 8.95. The monoisotopic (exact) mass is 383 g/mol. The van der Waals surface area contributed by atoms with Crippen LogP contribution in [-0.4, -0.2) is 29.8 Å². The summed E-state index contributed by atoms with van der Waals surface area (Å²) < 4.78 is 10.5. The van der Waals surface area contributed by atoms with E-state index < -0.39 is 11.9 Å². The molecular formula is C22H25NO5. The summed E-state index contributed by atoms with van der Waals surface area (Å²) in [6.07, 6.45) is 0. The Kier molecular flexibility index (Phi) is 6.70. The number of ketones is 1. The second-order valence-electron chi connectivity index (χ2n) is 7.54. The first-order chi connectivity index (χ1) is 13.0. The van der Waals surface area contributed by atoms with Gasteiger partial charge in [0.1, 0.15) is 0 Å². The summed E-state index contributed by atoms with van der Waals surface area (Å²) in [4.78, 5) is 36.2. The summed E-state index contributed by atoms with van der Waals surface area (Å²) in [6, 6.07) is 11.3. The van der Waals surface area contributed by atoms with Gasteiger partial charge in [0.15, 0.2) is 17.3 Å². The number of esters is 2. The van der Waals surface area contributed by atoms with E-state index in [0.29, 0.717) is 11.1 Å². The van der Waals surface area contributed by atoms with Crippen LogP contribution in [0.5, 0.6) is 11.5 Å². The Bertz CT molecular complexity index is 879. The first-order valence-electron chi connectivity index (χ1n) is 8.95. The molecule has 6 heteroatoms. The van der Waals surface area contributed by atoms with Crippen molar-refractivity contribution in [2.75, 3.05) is 6.54 Å². The average molecular weight is 383 g/mol. The Morgan fingerprint density at radius 1 is 0.893 bits per heavy atom. The van der Waals surface area contributed by atoms with Gasteiger partial charge in [0.05, 0.1) is 12.1 Å². The van der Waals surface area contributed by atoms with E-state index in [1.807, 2.05) is 27.7 Å². The maximum atomic E-state index is 12.4. The number of rotatable bonds is 6. The molecule has 0 amide bonds. The Morgan fingerprint density at radius 3 is 2.07 bits per heavy atom. The zero-order valence-corrected chi connectivity index (χ0v) is 16.8. The van der Waals surface area contributed by atoms with Crippen molar-refractivity contribution in [1.29, 1.82) is 0 Å². The summed E-state index contributed by atoms with van der Waals surface area (Å²) in [5, 5.41) is 3.11. The minimum atomic E-state index is -0.582. The zero-order chi connectivity index (χ0) is 20.9. The number of nitrogens with one attached hydrogen (secondary N) is 1. The van der Waals surface area contributed by atoms with E-state index in [1.54, 1.807) is 24.3 Å².